The van der Waals surface area contributed by atoms with Crippen molar-refractivity contribution in [1.29, 1.82) is 0 Å². The molecule has 3 heterocycles. The average Bonchev–Trinajstić information content (AvgIpc) is 2.83. The zero-order chi connectivity index (χ0) is 22.7. The highest BCUT2D eigenvalue weighted by atomic mass is 19.1. The molecule has 0 unspecified atom stereocenters. The second-order valence-electron chi connectivity index (χ2n) is 8.58. The summed E-state index contributed by atoms with van der Waals surface area (Å²) in [5.74, 6) is 0.116. The molecular formula is C25H30FN3O3. The maximum Gasteiger partial charge on any atom is 0.213 e. The molecule has 1 aliphatic heterocycles. The summed E-state index contributed by atoms with van der Waals surface area (Å²) in [6.07, 6.45) is 1.67. The molecule has 2 N–H and O–H groups in total. The number of aromatic nitrogens is 2. The van der Waals surface area contributed by atoms with E-state index in [4.69, 9.17) is 4.74 Å². The molecule has 7 heteroatoms. The van der Waals surface area contributed by atoms with Gasteiger partial charge in [0.1, 0.15) is 11.9 Å². The zero-order valence-corrected chi connectivity index (χ0v) is 18.5. The number of aryl methyl sites for hydroxylation is 1. The molecule has 2 aromatic heterocycles. The van der Waals surface area contributed by atoms with Gasteiger partial charge in [-0.15, -0.1) is 0 Å². The number of rotatable bonds is 7. The van der Waals surface area contributed by atoms with Gasteiger partial charge in [-0.3, -0.25) is 4.98 Å². The van der Waals surface area contributed by atoms with Crippen LogP contribution in [0.1, 0.15) is 35.6 Å². The molecule has 3 aromatic rings. The standard InChI is InChI=1S/C25H30FN3O3/c1-16-3-5-17(6-4-16)24(30)25(31)18-9-12-29(13-10-18)14-11-19-20(26)15-27-21-7-8-22(32-2)28-23(19)21/h3-8,15,18,24-25,30-31H,9-14H2,1-2H3/t24-,25-/m0/s1. The summed E-state index contributed by atoms with van der Waals surface area (Å²) < 4.78 is 19.7. The molecule has 0 amide bonds. The molecular weight excluding hydrogens is 409 g/mol. The molecule has 0 bridgehead atoms. The first kappa shape index (κ1) is 22.6. The Kier molecular flexibility index (Phi) is 6.98. The van der Waals surface area contributed by atoms with Gasteiger partial charge in [0.05, 0.1) is 30.4 Å². The number of hydrogen-bond donors (Lipinski definition) is 2. The monoisotopic (exact) mass is 439 g/mol. The summed E-state index contributed by atoms with van der Waals surface area (Å²) in [6, 6.07) is 11.1. The number of piperidine rings is 1. The quantitative estimate of drug-likeness (QED) is 0.587. The van der Waals surface area contributed by atoms with E-state index < -0.39 is 12.2 Å². The number of hydrogen-bond acceptors (Lipinski definition) is 6. The summed E-state index contributed by atoms with van der Waals surface area (Å²) >= 11 is 0. The largest absolute Gasteiger partial charge is 0.481 e. The molecule has 0 aliphatic carbocycles. The van der Waals surface area contributed by atoms with Crippen LogP contribution in [-0.2, 0) is 6.42 Å². The van der Waals surface area contributed by atoms with Crippen molar-refractivity contribution >= 4 is 11.0 Å². The van der Waals surface area contributed by atoms with Gasteiger partial charge in [-0.1, -0.05) is 29.8 Å². The van der Waals surface area contributed by atoms with Gasteiger partial charge in [-0.05, 0) is 56.8 Å². The van der Waals surface area contributed by atoms with E-state index in [9.17, 15) is 14.6 Å². The Morgan fingerprint density at radius 1 is 1.12 bits per heavy atom. The van der Waals surface area contributed by atoms with Gasteiger partial charge in [0.25, 0.3) is 0 Å². The van der Waals surface area contributed by atoms with Crippen molar-refractivity contribution in [3.63, 3.8) is 0 Å². The molecule has 2 atom stereocenters. The van der Waals surface area contributed by atoms with Crippen molar-refractivity contribution in [1.82, 2.24) is 14.9 Å². The van der Waals surface area contributed by atoms with Crippen LogP contribution in [0.3, 0.4) is 0 Å². The zero-order valence-electron chi connectivity index (χ0n) is 18.5. The minimum absolute atomic E-state index is 0.0342. The fourth-order valence-electron chi connectivity index (χ4n) is 4.44. The molecule has 1 fully saturated rings. The summed E-state index contributed by atoms with van der Waals surface area (Å²) in [7, 11) is 1.54. The van der Waals surface area contributed by atoms with Crippen molar-refractivity contribution < 1.29 is 19.3 Å². The molecule has 1 aromatic carbocycles. The van der Waals surface area contributed by atoms with Crippen molar-refractivity contribution in [3.05, 3.63) is 65.1 Å². The van der Waals surface area contributed by atoms with Crippen LogP contribution in [0, 0.1) is 18.7 Å². The SMILES string of the molecule is COc1ccc2ncc(F)c(CCN3CCC([C@H](O)[C@@H](O)c4ccc(C)cc4)CC3)c2n1. The van der Waals surface area contributed by atoms with Crippen LogP contribution < -0.4 is 4.74 Å². The third-order valence-corrected chi connectivity index (χ3v) is 6.48. The fourth-order valence-corrected chi connectivity index (χ4v) is 4.44. The first-order valence-electron chi connectivity index (χ1n) is 11.1. The maximum atomic E-state index is 14.5. The Bertz CT molecular complexity index is 1050. The number of ether oxygens (including phenoxy) is 1. The highest BCUT2D eigenvalue weighted by Crippen LogP contribution is 2.29. The van der Waals surface area contributed by atoms with Crippen LogP contribution in [0.4, 0.5) is 4.39 Å². The van der Waals surface area contributed by atoms with E-state index in [-0.39, 0.29) is 11.7 Å². The first-order chi connectivity index (χ1) is 15.5. The summed E-state index contributed by atoms with van der Waals surface area (Å²) in [5.41, 5.74) is 3.60. The van der Waals surface area contributed by atoms with Crippen LogP contribution in [-0.4, -0.2) is 57.9 Å². The van der Waals surface area contributed by atoms with Crippen LogP contribution in [0.5, 0.6) is 5.88 Å². The number of likely N-dealkylation sites (tertiary alicyclic amines) is 1. The first-order valence-corrected chi connectivity index (χ1v) is 11.1. The third kappa shape index (κ3) is 4.90. The number of fused-ring (bicyclic) bond motifs is 1. The Labute approximate surface area is 187 Å². The average molecular weight is 440 g/mol. The predicted molar refractivity (Wildman–Crippen MR) is 121 cm³/mol. The highest BCUT2D eigenvalue weighted by Gasteiger charge is 2.30. The lowest BCUT2D eigenvalue weighted by Crippen LogP contribution is -2.40. The van der Waals surface area contributed by atoms with Crippen LogP contribution >= 0.6 is 0 Å². The summed E-state index contributed by atoms with van der Waals surface area (Å²) in [4.78, 5) is 10.8. The second kappa shape index (κ2) is 9.90. The number of methoxy groups -OCH3 is 1. The van der Waals surface area contributed by atoms with Gasteiger partial charge in [-0.25, -0.2) is 9.37 Å². The van der Waals surface area contributed by atoms with E-state index in [1.165, 1.54) is 13.3 Å². The molecule has 6 nitrogen and oxygen atoms in total. The van der Waals surface area contributed by atoms with Gasteiger partial charge in [0.15, 0.2) is 0 Å². The fraction of sp³-hybridized carbons (Fsp3) is 0.440. The molecule has 0 saturated carbocycles. The topological polar surface area (TPSA) is 78.7 Å². The molecule has 1 aliphatic rings. The van der Waals surface area contributed by atoms with E-state index in [1.54, 1.807) is 12.1 Å². The van der Waals surface area contributed by atoms with Crippen LogP contribution in [0.25, 0.3) is 11.0 Å². The molecule has 0 radical (unpaired) electrons. The van der Waals surface area contributed by atoms with Gasteiger partial charge in [0.2, 0.25) is 5.88 Å². The molecule has 170 valence electrons. The van der Waals surface area contributed by atoms with E-state index in [0.717, 1.165) is 37.1 Å². The van der Waals surface area contributed by atoms with Crippen molar-refractivity contribution in [2.45, 2.75) is 38.4 Å². The minimum atomic E-state index is -0.884. The maximum absolute atomic E-state index is 14.5. The predicted octanol–water partition coefficient (Wildman–Crippen LogP) is 3.43. The number of pyridine rings is 2. The van der Waals surface area contributed by atoms with Crippen LogP contribution in [0.2, 0.25) is 0 Å². The number of aliphatic hydroxyl groups excluding tert-OH is 2. The van der Waals surface area contributed by atoms with Gasteiger partial charge >= 0.3 is 0 Å². The lowest BCUT2D eigenvalue weighted by Gasteiger charge is -2.35. The number of halogens is 1. The smallest absolute Gasteiger partial charge is 0.213 e. The summed E-state index contributed by atoms with van der Waals surface area (Å²) in [6.45, 7) is 4.28. The van der Waals surface area contributed by atoms with Gasteiger partial charge in [-0.2, -0.15) is 0 Å². The van der Waals surface area contributed by atoms with Gasteiger partial charge in [0, 0.05) is 18.2 Å². The van der Waals surface area contributed by atoms with E-state index in [1.807, 2.05) is 31.2 Å². The lowest BCUT2D eigenvalue weighted by atomic mass is 9.86. The second-order valence-corrected chi connectivity index (χ2v) is 8.58. The van der Waals surface area contributed by atoms with E-state index in [2.05, 4.69) is 14.9 Å². The Balaban J connectivity index is 1.35. The highest BCUT2D eigenvalue weighted by molar-refractivity contribution is 5.78. The molecule has 4 rings (SSSR count). The Morgan fingerprint density at radius 3 is 2.53 bits per heavy atom. The number of benzene rings is 1. The molecule has 1 saturated heterocycles. The normalized spacial score (nSPS) is 17.4. The number of aliphatic hydroxyl groups is 2. The van der Waals surface area contributed by atoms with E-state index in [0.29, 0.717) is 35.4 Å². The van der Waals surface area contributed by atoms with Crippen molar-refractivity contribution in [2.75, 3.05) is 26.7 Å². The summed E-state index contributed by atoms with van der Waals surface area (Å²) in [5, 5.41) is 21.3. The van der Waals surface area contributed by atoms with E-state index >= 15 is 0 Å². The molecule has 0 spiro atoms. The molecule has 32 heavy (non-hydrogen) atoms. The Hall–Kier alpha value is -2.61. The van der Waals surface area contributed by atoms with Crippen LogP contribution in [0.15, 0.2) is 42.6 Å². The Morgan fingerprint density at radius 2 is 1.84 bits per heavy atom. The minimum Gasteiger partial charge on any atom is -0.481 e. The lowest BCUT2D eigenvalue weighted by molar-refractivity contribution is -0.0360. The van der Waals surface area contributed by atoms with Crippen molar-refractivity contribution in [2.24, 2.45) is 5.92 Å². The number of nitrogens with zero attached hydrogens (tertiary/aromatic N) is 3. The third-order valence-electron chi connectivity index (χ3n) is 6.48. The van der Waals surface area contributed by atoms with Gasteiger partial charge < -0.3 is 19.8 Å². The van der Waals surface area contributed by atoms with Crippen molar-refractivity contribution in [3.8, 4) is 5.88 Å².